The van der Waals surface area contributed by atoms with Gasteiger partial charge in [0.05, 0.1) is 37.5 Å². The lowest BCUT2D eigenvalue weighted by atomic mass is 9.75. The molecule has 0 saturated carbocycles. The molecule has 2 aromatic carbocycles. The van der Waals surface area contributed by atoms with E-state index in [-0.39, 0.29) is 5.78 Å². The van der Waals surface area contributed by atoms with Gasteiger partial charge in [-0.25, -0.2) is 4.99 Å². The first kappa shape index (κ1) is 19.9. The number of anilines is 1. The van der Waals surface area contributed by atoms with Gasteiger partial charge in [-0.05, 0) is 31.0 Å². The summed E-state index contributed by atoms with van der Waals surface area (Å²) in [6.07, 6.45) is 1.89. The van der Waals surface area contributed by atoms with Crippen LogP contribution in [0.1, 0.15) is 36.3 Å². The number of nitriles is 1. The van der Waals surface area contributed by atoms with Crippen LogP contribution in [-0.4, -0.2) is 25.8 Å². The van der Waals surface area contributed by atoms with Crippen molar-refractivity contribution in [3.05, 3.63) is 76.3 Å². The van der Waals surface area contributed by atoms with Crippen LogP contribution in [0.25, 0.3) is 0 Å². The quantitative estimate of drug-likeness (QED) is 0.802. The molecule has 1 aliphatic carbocycles. The summed E-state index contributed by atoms with van der Waals surface area (Å²) >= 11 is 0. The van der Waals surface area contributed by atoms with Crippen molar-refractivity contribution in [2.24, 2.45) is 10.7 Å². The van der Waals surface area contributed by atoms with Crippen molar-refractivity contribution in [1.29, 1.82) is 5.26 Å². The highest BCUT2D eigenvalue weighted by atomic mass is 16.5. The Bertz CT molecular complexity index is 1280. The molecule has 5 rings (SSSR count). The molecule has 2 N–H and O–H groups in total. The summed E-state index contributed by atoms with van der Waals surface area (Å²) < 4.78 is 11.2. The van der Waals surface area contributed by atoms with Gasteiger partial charge in [-0.2, -0.15) is 5.26 Å². The van der Waals surface area contributed by atoms with E-state index in [1.165, 1.54) is 0 Å². The molecule has 2 aliphatic heterocycles. The van der Waals surface area contributed by atoms with Crippen LogP contribution in [0.2, 0.25) is 0 Å². The Hall–Kier alpha value is -4.05. The molecule has 3 aliphatic rings. The number of fused-ring (bicyclic) bond motifs is 4. The second-order valence-electron chi connectivity index (χ2n) is 7.85. The largest absolute Gasteiger partial charge is 0.493 e. The van der Waals surface area contributed by atoms with Crippen LogP contribution in [-0.2, 0) is 4.79 Å². The Morgan fingerprint density at radius 2 is 1.94 bits per heavy atom. The summed E-state index contributed by atoms with van der Waals surface area (Å²) in [7, 11) is 3.12. The lowest BCUT2D eigenvalue weighted by molar-refractivity contribution is -0.116. The third-order valence-corrected chi connectivity index (χ3v) is 6.24. The van der Waals surface area contributed by atoms with Gasteiger partial charge in [0.15, 0.2) is 23.1 Å². The number of rotatable bonds is 3. The zero-order valence-corrected chi connectivity index (χ0v) is 17.9. The van der Waals surface area contributed by atoms with Crippen molar-refractivity contribution < 1.29 is 14.3 Å². The third-order valence-electron chi connectivity index (χ3n) is 6.24. The summed E-state index contributed by atoms with van der Waals surface area (Å²) in [6.45, 7) is 0. The Morgan fingerprint density at radius 3 is 2.69 bits per heavy atom. The minimum Gasteiger partial charge on any atom is -0.493 e. The number of aliphatic imine (C=N–C) groups is 1. The van der Waals surface area contributed by atoms with Crippen molar-refractivity contribution in [1.82, 2.24) is 0 Å². The molecule has 0 spiro atoms. The van der Waals surface area contributed by atoms with Crippen LogP contribution in [0.3, 0.4) is 0 Å². The van der Waals surface area contributed by atoms with Gasteiger partial charge < -0.3 is 15.2 Å². The summed E-state index contributed by atoms with van der Waals surface area (Å²) in [5, 5.41) is 10.3. The molecule has 2 aromatic rings. The van der Waals surface area contributed by atoms with Crippen molar-refractivity contribution in [3.63, 3.8) is 0 Å². The van der Waals surface area contributed by atoms with E-state index in [4.69, 9.17) is 15.2 Å². The first-order valence-corrected chi connectivity index (χ1v) is 10.5. The van der Waals surface area contributed by atoms with Gasteiger partial charge in [-0.1, -0.05) is 24.3 Å². The zero-order valence-electron chi connectivity index (χ0n) is 17.9. The van der Waals surface area contributed by atoms with Crippen LogP contribution in [0.5, 0.6) is 11.5 Å². The number of hydrogen-bond acceptors (Lipinski definition) is 7. The Labute approximate surface area is 186 Å². The maximum atomic E-state index is 13.3. The smallest absolute Gasteiger partial charge is 0.164 e. The van der Waals surface area contributed by atoms with E-state index >= 15 is 0 Å². The molecule has 32 heavy (non-hydrogen) atoms. The van der Waals surface area contributed by atoms with Gasteiger partial charge in [0, 0.05) is 28.8 Å². The van der Waals surface area contributed by atoms with Crippen molar-refractivity contribution in [2.75, 3.05) is 19.1 Å². The Balaban J connectivity index is 1.85. The van der Waals surface area contributed by atoms with E-state index in [2.05, 4.69) is 11.1 Å². The maximum Gasteiger partial charge on any atom is 0.164 e. The number of nitrogens with zero attached hydrogens (tertiary/aromatic N) is 3. The third kappa shape index (κ3) is 2.73. The van der Waals surface area contributed by atoms with Crippen LogP contribution in [0, 0.1) is 11.3 Å². The fourth-order valence-electron chi connectivity index (χ4n) is 4.92. The lowest BCUT2D eigenvalue weighted by Crippen LogP contribution is -2.39. The number of hydrogen-bond donors (Lipinski definition) is 1. The molecule has 7 heteroatoms. The predicted molar refractivity (Wildman–Crippen MR) is 120 cm³/mol. The standard InChI is InChI=1S/C25H22N4O3/c1-31-20-12-5-8-15(23(20)32-2)21-16(13-26)25-28-24(27)14-7-3-4-9-17(14)29(25)18-10-6-11-19(30)22(18)21/h3-5,7-9,12,21H,6,10-11H2,1-2H3,(H2,27,28)/t21-/m1/s1. The fraction of sp³-hybridized carbons (Fsp3) is 0.240. The SMILES string of the molecule is COc1cccc([C@@H]2C(C#N)=C3N=C(N)c4ccccc4N3C3=C2C(=O)CCC3)c1OC. The number of carbonyl (C=O) groups excluding carboxylic acids is 1. The number of ether oxygens (including phenoxy) is 2. The number of nitrogens with two attached hydrogens (primary N) is 1. The highest BCUT2D eigenvalue weighted by Crippen LogP contribution is 2.52. The highest BCUT2D eigenvalue weighted by molar-refractivity contribution is 6.08. The topological polar surface area (TPSA) is 101 Å². The van der Waals surface area contributed by atoms with Crippen molar-refractivity contribution >= 4 is 17.3 Å². The number of para-hydroxylation sites is 2. The molecular weight excluding hydrogens is 404 g/mol. The molecule has 0 aromatic heterocycles. The van der Waals surface area contributed by atoms with E-state index in [9.17, 15) is 10.1 Å². The maximum absolute atomic E-state index is 13.3. The first-order chi connectivity index (χ1) is 15.6. The van der Waals surface area contributed by atoms with Crippen molar-refractivity contribution in [2.45, 2.75) is 25.2 Å². The number of methoxy groups -OCH3 is 2. The molecule has 2 heterocycles. The van der Waals surface area contributed by atoms with E-state index < -0.39 is 5.92 Å². The first-order valence-electron chi connectivity index (χ1n) is 10.5. The Morgan fingerprint density at radius 1 is 1.12 bits per heavy atom. The summed E-state index contributed by atoms with van der Waals surface area (Å²) in [6, 6.07) is 15.5. The Kier molecular flexibility index (Phi) is 4.71. The number of ketones is 1. The molecule has 0 fully saturated rings. The van der Waals surface area contributed by atoms with Gasteiger partial charge >= 0.3 is 0 Å². The normalized spacial score (nSPS) is 19.5. The average Bonchev–Trinajstić information content (AvgIpc) is 2.82. The van der Waals surface area contributed by atoms with E-state index in [0.29, 0.717) is 52.7 Å². The van der Waals surface area contributed by atoms with E-state index in [1.807, 2.05) is 41.3 Å². The summed E-state index contributed by atoms with van der Waals surface area (Å²) in [5.74, 6) is 1.28. The van der Waals surface area contributed by atoms with Crippen LogP contribution >= 0.6 is 0 Å². The number of benzene rings is 2. The average molecular weight is 426 g/mol. The lowest BCUT2D eigenvalue weighted by Gasteiger charge is -2.42. The van der Waals surface area contributed by atoms with Crippen LogP contribution in [0.15, 0.2) is 70.1 Å². The number of amidine groups is 1. The summed E-state index contributed by atoms with van der Waals surface area (Å²) in [5.41, 5.74) is 10.5. The van der Waals surface area contributed by atoms with Gasteiger partial charge in [-0.3, -0.25) is 9.69 Å². The van der Waals surface area contributed by atoms with Gasteiger partial charge in [0.25, 0.3) is 0 Å². The number of carbonyl (C=O) groups is 1. The van der Waals surface area contributed by atoms with Crippen LogP contribution in [0.4, 0.5) is 5.69 Å². The number of allylic oxidation sites excluding steroid dienone is 3. The molecule has 0 amide bonds. The van der Waals surface area contributed by atoms with Gasteiger partial charge in [-0.15, -0.1) is 0 Å². The van der Waals surface area contributed by atoms with Crippen molar-refractivity contribution in [3.8, 4) is 17.6 Å². The molecule has 0 unspecified atom stereocenters. The zero-order chi connectivity index (χ0) is 22.4. The van der Waals surface area contributed by atoms with Crippen LogP contribution < -0.4 is 20.1 Å². The second kappa shape index (κ2) is 7.57. The molecule has 160 valence electrons. The highest BCUT2D eigenvalue weighted by Gasteiger charge is 2.44. The minimum atomic E-state index is -0.610. The molecule has 0 bridgehead atoms. The second-order valence-corrected chi connectivity index (χ2v) is 7.85. The predicted octanol–water partition coefficient (Wildman–Crippen LogP) is 3.77. The monoisotopic (exact) mass is 426 g/mol. The van der Waals surface area contributed by atoms with E-state index in [1.54, 1.807) is 20.3 Å². The molecule has 0 saturated heterocycles. The molecule has 1 atom stereocenters. The molecule has 7 nitrogen and oxygen atoms in total. The number of Topliss-reactive ketones (excluding diaryl/α,β-unsaturated/α-hetero) is 1. The fourth-order valence-corrected chi connectivity index (χ4v) is 4.92. The summed E-state index contributed by atoms with van der Waals surface area (Å²) in [4.78, 5) is 19.9. The molecular formula is C25H22N4O3. The minimum absolute atomic E-state index is 0.0351. The molecule has 0 radical (unpaired) electrons. The van der Waals surface area contributed by atoms with Gasteiger partial charge in [0.2, 0.25) is 0 Å². The van der Waals surface area contributed by atoms with Gasteiger partial charge in [0.1, 0.15) is 5.84 Å². The van der Waals surface area contributed by atoms with E-state index in [0.717, 1.165) is 23.4 Å².